The van der Waals surface area contributed by atoms with E-state index < -0.39 is 0 Å². The second-order valence-corrected chi connectivity index (χ2v) is 5.56. The Hall–Kier alpha value is -1.47. The Labute approximate surface area is 112 Å². The molecule has 3 heterocycles. The van der Waals surface area contributed by atoms with E-state index in [9.17, 15) is 9.59 Å². The quantitative estimate of drug-likeness (QED) is 0.805. The van der Waals surface area contributed by atoms with Gasteiger partial charge in [0.15, 0.2) is 0 Å². The van der Waals surface area contributed by atoms with E-state index in [2.05, 4.69) is 4.98 Å². The molecule has 92 valence electrons. The molecule has 0 unspecified atom stereocenters. The summed E-state index contributed by atoms with van der Waals surface area (Å²) in [5.41, 5.74) is 0.855. The molecule has 1 fully saturated rings. The number of carbonyl (C=O) groups is 2. The second-order valence-electron chi connectivity index (χ2n) is 3.67. The van der Waals surface area contributed by atoms with Crippen molar-refractivity contribution in [1.29, 1.82) is 0 Å². The SMILES string of the molecule is O=C1CSC(=O)N1CSc1cccc2nccn12. The van der Waals surface area contributed by atoms with E-state index in [0.717, 1.165) is 22.4 Å². The highest BCUT2D eigenvalue weighted by Gasteiger charge is 2.29. The van der Waals surface area contributed by atoms with Crippen molar-refractivity contribution in [3.63, 3.8) is 0 Å². The summed E-state index contributed by atoms with van der Waals surface area (Å²) in [5.74, 6) is 0.492. The smallest absolute Gasteiger partial charge is 0.289 e. The fraction of sp³-hybridized carbons (Fsp3) is 0.182. The van der Waals surface area contributed by atoms with Gasteiger partial charge in [-0.05, 0) is 12.1 Å². The number of imidazole rings is 1. The van der Waals surface area contributed by atoms with Crippen molar-refractivity contribution in [2.75, 3.05) is 11.6 Å². The summed E-state index contributed by atoms with van der Waals surface area (Å²) in [5, 5.41) is 0.799. The lowest BCUT2D eigenvalue weighted by molar-refractivity contribution is -0.123. The van der Waals surface area contributed by atoms with Crippen LogP contribution < -0.4 is 0 Å². The Morgan fingerprint density at radius 2 is 2.28 bits per heavy atom. The lowest BCUT2D eigenvalue weighted by Gasteiger charge is -2.12. The first-order valence-electron chi connectivity index (χ1n) is 5.28. The number of hydrogen-bond acceptors (Lipinski definition) is 5. The van der Waals surface area contributed by atoms with Gasteiger partial charge in [-0.1, -0.05) is 29.6 Å². The maximum Gasteiger partial charge on any atom is 0.289 e. The molecular formula is C11H9N3O2S2. The molecule has 0 N–H and O–H groups in total. The van der Waals surface area contributed by atoms with Gasteiger partial charge in [0.1, 0.15) is 5.65 Å². The number of rotatable bonds is 3. The molecule has 0 saturated carbocycles. The molecule has 0 atom stereocenters. The summed E-state index contributed by atoms with van der Waals surface area (Å²) in [7, 11) is 0. The molecule has 2 aromatic rings. The fourth-order valence-electron chi connectivity index (χ4n) is 1.68. The number of fused-ring (bicyclic) bond motifs is 1. The largest absolute Gasteiger partial charge is 0.294 e. The average Bonchev–Trinajstić information content (AvgIpc) is 2.95. The maximum atomic E-state index is 11.5. The number of hydrogen-bond donors (Lipinski definition) is 0. The Balaban J connectivity index is 1.79. The van der Waals surface area contributed by atoms with E-state index in [1.54, 1.807) is 6.20 Å². The van der Waals surface area contributed by atoms with E-state index in [0.29, 0.717) is 5.88 Å². The molecule has 0 spiro atoms. The maximum absolute atomic E-state index is 11.5. The summed E-state index contributed by atoms with van der Waals surface area (Å²) in [6.45, 7) is 0. The van der Waals surface area contributed by atoms with Crippen LogP contribution in [0.15, 0.2) is 35.6 Å². The molecule has 1 aliphatic rings. The van der Waals surface area contributed by atoms with Crippen LogP contribution in [0.4, 0.5) is 4.79 Å². The molecule has 18 heavy (non-hydrogen) atoms. The number of carbonyl (C=O) groups excluding carboxylic acids is 2. The molecule has 0 aliphatic carbocycles. The van der Waals surface area contributed by atoms with Crippen molar-refractivity contribution >= 4 is 40.3 Å². The molecule has 5 nitrogen and oxygen atoms in total. The number of amides is 2. The highest BCUT2D eigenvalue weighted by molar-refractivity contribution is 8.14. The van der Waals surface area contributed by atoms with Crippen LogP contribution in [-0.2, 0) is 4.79 Å². The summed E-state index contributed by atoms with van der Waals surface area (Å²) in [6.07, 6.45) is 3.58. The Morgan fingerprint density at radius 1 is 1.39 bits per heavy atom. The third-order valence-electron chi connectivity index (χ3n) is 2.57. The topological polar surface area (TPSA) is 54.7 Å². The number of thioether (sulfide) groups is 2. The summed E-state index contributed by atoms with van der Waals surface area (Å²) < 4.78 is 1.93. The van der Waals surface area contributed by atoms with E-state index >= 15 is 0 Å². The van der Waals surface area contributed by atoms with Gasteiger partial charge in [0.25, 0.3) is 5.24 Å². The summed E-state index contributed by atoms with van der Waals surface area (Å²) >= 11 is 2.51. The van der Waals surface area contributed by atoms with Gasteiger partial charge in [0.2, 0.25) is 5.91 Å². The van der Waals surface area contributed by atoms with Crippen LogP contribution in [0.1, 0.15) is 0 Å². The highest BCUT2D eigenvalue weighted by atomic mass is 32.2. The predicted octanol–water partition coefficient (Wildman–Crippen LogP) is 2.08. The van der Waals surface area contributed by atoms with Gasteiger partial charge in [0, 0.05) is 12.4 Å². The van der Waals surface area contributed by atoms with Crippen molar-refractivity contribution in [3.05, 3.63) is 30.6 Å². The fourth-order valence-corrected chi connectivity index (χ4v) is 3.47. The zero-order valence-electron chi connectivity index (χ0n) is 9.28. The van der Waals surface area contributed by atoms with Gasteiger partial charge in [-0.2, -0.15) is 0 Å². The lowest BCUT2D eigenvalue weighted by Crippen LogP contribution is -2.28. The van der Waals surface area contributed by atoms with Crippen LogP contribution in [-0.4, -0.2) is 37.1 Å². The van der Waals surface area contributed by atoms with Crippen LogP contribution >= 0.6 is 23.5 Å². The average molecular weight is 279 g/mol. The number of imide groups is 1. The molecule has 0 aromatic carbocycles. The van der Waals surface area contributed by atoms with E-state index in [4.69, 9.17) is 0 Å². The first-order valence-corrected chi connectivity index (χ1v) is 7.25. The molecule has 1 saturated heterocycles. The van der Waals surface area contributed by atoms with E-state index in [1.807, 2.05) is 28.8 Å². The molecule has 1 aliphatic heterocycles. The minimum atomic E-state index is -0.162. The molecular weight excluding hydrogens is 270 g/mol. The highest BCUT2D eigenvalue weighted by Crippen LogP contribution is 2.25. The molecule has 0 bridgehead atoms. The monoisotopic (exact) mass is 279 g/mol. The first-order chi connectivity index (χ1) is 8.75. The summed E-state index contributed by atoms with van der Waals surface area (Å²) in [6, 6.07) is 5.76. The van der Waals surface area contributed by atoms with Crippen molar-refractivity contribution in [2.24, 2.45) is 0 Å². The molecule has 0 radical (unpaired) electrons. The van der Waals surface area contributed by atoms with Crippen LogP contribution in [0, 0.1) is 0 Å². The van der Waals surface area contributed by atoms with Gasteiger partial charge in [-0.25, -0.2) is 4.98 Å². The van der Waals surface area contributed by atoms with Gasteiger partial charge in [-0.15, -0.1) is 0 Å². The van der Waals surface area contributed by atoms with Crippen molar-refractivity contribution in [1.82, 2.24) is 14.3 Å². The first kappa shape index (κ1) is 11.6. The zero-order valence-corrected chi connectivity index (χ0v) is 10.9. The minimum Gasteiger partial charge on any atom is -0.294 e. The Kier molecular flexibility index (Phi) is 3.00. The number of nitrogens with zero attached hydrogens (tertiary/aromatic N) is 3. The number of pyridine rings is 1. The Bertz CT molecular complexity index is 610. The standard InChI is InChI=1S/C11H9N3O2S2/c15-9-6-17-11(16)14(9)7-18-10-3-1-2-8-12-4-5-13(8)10/h1-5H,6-7H2. The van der Waals surface area contributed by atoms with Crippen molar-refractivity contribution < 1.29 is 9.59 Å². The van der Waals surface area contributed by atoms with Gasteiger partial charge in [-0.3, -0.25) is 18.9 Å². The minimum absolute atomic E-state index is 0.115. The van der Waals surface area contributed by atoms with Crippen LogP contribution in [0.3, 0.4) is 0 Å². The molecule has 2 aromatic heterocycles. The van der Waals surface area contributed by atoms with Gasteiger partial charge < -0.3 is 0 Å². The molecule has 3 rings (SSSR count). The van der Waals surface area contributed by atoms with Gasteiger partial charge >= 0.3 is 0 Å². The molecule has 7 heteroatoms. The van der Waals surface area contributed by atoms with E-state index in [1.165, 1.54) is 16.7 Å². The second kappa shape index (κ2) is 4.66. The van der Waals surface area contributed by atoms with Crippen molar-refractivity contribution in [3.8, 4) is 0 Å². The summed E-state index contributed by atoms with van der Waals surface area (Å²) in [4.78, 5) is 28.4. The normalized spacial score (nSPS) is 15.9. The predicted molar refractivity (Wildman–Crippen MR) is 70.6 cm³/mol. The van der Waals surface area contributed by atoms with Gasteiger partial charge in [0.05, 0.1) is 16.7 Å². The number of aromatic nitrogens is 2. The van der Waals surface area contributed by atoms with Crippen LogP contribution in [0.2, 0.25) is 0 Å². The lowest BCUT2D eigenvalue weighted by atomic mass is 10.5. The van der Waals surface area contributed by atoms with Crippen molar-refractivity contribution in [2.45, 2.75) is 5.03 Å². The third kappa shape index (κ3) is 1.99. The third-order valence-corrected chi connectivity index (χ3v) is 4.45. The molecule has 2 amide bonds. The Morgan fingerprint density at radius 3 is 3.06 bits per heavy atom. The van der Waals surface area contributed by atoms with Crippen LogP contribution in [0.25, 0.3) is 5.65 Å². The van der Waals surface area contributed by atoms with E-state index in [-0.39, 0.29) is 16.9 Å². The van der Waals surface area contributed by atoms with Crippen LogP contribution in [0.5, 0.6) is 0 Å². The zero-order chi connectivity index (χ0) is 12.5.